The van der Waals surface area contributed by atoms with Crippen molar-refractivity contribution < 1.29 is 23.1 Å². The Bertz CT molecular complexity index is 443. The number of hydrogen-bond acceptors (Lipinski definition) is 3. The molecule has 2 rings (SSSR count). The summed E-state index contributed by atoms with van der Waals surface area (Å²) in [4.78, 5) is 10.9. The van der Waals surface area contributed by atoms with Gasteiger partial charge in [-0.25, -0.2) is 4.68 Å². The van der Waals surface area contributed by atoms with E-state index in [-0.39, 0.29) is 5.82 Å². The molecular formula is C7H6F3N3O2. The number of anilines is 1. The van der Waals surface area contributed by atoms with Gasteiger partial charge in [0, 0.05) is 7.05 Å². The molecule has 2 N–H and O–H groups in total. The number of fused-ring (bicyclic) bond motifs is 1. The molecule has 1 amide bonds. The summed E-state index contributed by atoms with van der Waals surface area (Å²) in [6.45, 7) is 0. The van der Waals surface area contributed by atoms with E-state index in [4.69, 9.17) is 5.11 Å². The molecule has 0 unspecified atom stereocenters. The van der Waals surface area contributed by atoms with E-state index in [2.05, 4.69) is 5.10 Å². The van der Waals surface area contributed by atoms with Crippen molar-refractivity contribution in [2.45, 2.75) is 12.0 Å². The maximum absolute atomic E-state index is 13.0. The van der Waals surface area contributed by atoms with Crippen LogP contribution in [-0.2, 0) is 11.8 Å². The molecule has 0 bridgehead atoms. The summed E-state index contributed by atoms with van der Waals surface area (Å²) < 4.78 is 39.9. The van der Waals surface area contributed by atoms with Gasteiger partial charge in [0.2, 0.25) is 5.95 Å². The third kappa shape index (κ3) is 1.14. The number of hydrogen-bond donors (Lipinski definition) is 2. The number of nitrogens with zero attached hydrogens (tertiary/aromatic N) is 2. The lowest BCUT2D eigenvalue weighted by Gasteiger charge is -2.26. The Labute approximate surface area is 81.5 Å². The number of aromatic nitrogens is 2. The first-order valence-corrected chi connectivity index (χ1v) is 3.95. The van der Waals surface area contributed by atoms with Crippen LogP contribution >= 0.6 is 0 Å². The molecule has 82 valence electrons. The second kappa shape index (κ2) is 2.72. The third-order valence-electron chi connectivity index (χ3n) is 2.19. The van der Waals surface area contributed by atoms with Crippen LogP contribution in [0.5, 0.6) is 0 Å². The first-order valence-electron chi connectivity index (χ1n) is 3.95. The molecule has 5 nitrogen and oxygen atoms in total. The zero-order valence-electron chi connectivity index (χ0n) is 7.46. The molecule has 0 aliphatic carbocycles. The highest BCUT2D eigenvalue weighted by atomic mass is 19.3. The van der Waals surface area contributed by atoms with Crippen LogP contribution in [-0.4, -0.2) is 26.7 Å². The van der Waals surface area contributed by atoms with Crippen molar-refractivity contribution in [2.75, 3.05) is 5.32 Å². The number of aliphatic hydroxyl groups is 1. The van der Waals surface area contributed by atoms with Crippen molar-refractivity contribution in [1.82, 2.24) is 9.78 Å². The topological polar surface area (TPSA) is 67.2 Å². The Morgan fingerprint density at radius 3 is 2.80 bits per heavy atom. The van der Waals surface area contributed by atoms with Crippen molar-refractivity contribution in [3.8, 4) is 0 Å². The summed E-state index contributed by atoms with van der Waals surface area (Å²) in [6.07, 6.45) is -2.50. The van der Waals surface area contributed by atoms with E-state index in [0.29, 0.717) is 0 Å². The van der Waals surface area contributed by atoms with E-state index >= 15 is 0 Å². The van der Waals surface area contributed by atoms with E-state index in [9.17, 15) is 18.0 Å². The van der Waals surface area contributed by atoms with Crippen molar-refractivity contribution in [1.29, 1.82) is 0 Å². The second-order valence-electron chi connectivity index (χ2n) is 3.16. The SMILES string of the molecule is Cn1nc(F)c2c1NC(=O)C(F)(F)[C@H]2O. The zero-order valence-corrected chi connectivity index (χ0v) is 7.46. The van der Waals surface area contributed by atoms with Gasteiger partial charge in [-0.1, -0.05) is 0 Å². The van der Waals surface area contributed by atoms with Gasteiger partial charge in [0.15, 0.2) is 6.10 Å². The lowest BCUT2D eigenvalue weighted by Crippen LogP contribution is -2.44. The van der Waals surface area contributed by atoms with Gasteiger partial charge in [-0.15, -0.1) is 5.10 Å². The molecule has 1 aromatic rings. The van der Waals surface area contributed by atoms with Crippen LogP contribution in [0.2, 0.25) is 0 Å². The third-order valence-corrected chi connectivity index (χ3v) is 2.19. The quantitative estimate of drug-likeness (QED) is 0.656. The van der Waals surface area contributed by atoms with Gasteiger partial charge in [0.05, 0.1) is 5.56 Å². The van der Waals surface area contributed by atoms with Crippen LogP contribution in [0.15, 0.2) is 0 Å². The van der Waals surface area contributed by atoms with Crippen molar-refractivity contribution in [3.63, 3.8) is 0 Å². The largest absolute Gasteiger partial charge is 0.381 e. The smallest absolute Gasteiger partial charge is 0.354 e. The Kier molecular flexibility index (Phi) is 1.81. The van der Waals surface area contributed by atoms with Crippen LogP contribution in [0, 0.1) is 5.95 Å². The van der Waals surface area contributed by atoms with Crippen molar-refractivity contribution >= 4 is 11.7 Å². The standard InChI is InChI=1S/C7H6F3N3O2/c1-13-5-2(4(8)12-13)3(14)7(9,10)6(15)11-5/h3,14H,1H3,(H,11,15)/t3-/m0/s1. The van der Waals surface area contributed by atoms with E-state index in [1.807, 2.05) is 0 Å². The number of carbonyl (C=O) groups excluding carboxylic acids is 1. The van der Waals surface area contributed by atoms with Gasteiger partial charge in [-0.05, 0) is 0 Å². The van der Waals surface area contributed by atoms with E-state index in [1.165, 1.54) is 7.05 Å². The van der Waals surface area contributed by atoms with E-state index < -0.39 is 29.4 Å². The summed E-state index contributed by atoms with van der Waals surface area (Å²) in [7, 11) is 1.26. The Hall–Kier alpha value is -1.57. The van der Waals surface area contributed by atoms with Crippen molar-refractivity contribution in [3.05, 3.63) is 11.5 Å². The summed E-state index contributed by atoms with van der Waals surface area (Å²) in [5.41, 5.74) is -0.692. The molecule has 0 aromatic carbocycles. The fourth-order valence-electron chi connectivity index (χ4n) is 1.39. The fraction of sp³-hybridized carbons (Fsp3) is 0.429. The molecule has 1 aliphatic rings. The molecule has 0 saturated carbocycles. The normalized spacial score (nSPS) is 23.5. The summed E-state index contributed by atoms with van der Waals surface area (Å²) in [5, 5.41) is 14.1. The molecule has 0 radical (unpaired) electrons. The maximum Gasteiger partial charge on any atom is 0.354 e. The number of alkyl halides is 2. The Balaban J connectivity index is 2.63. The number of carbonyl (C=O) groups is 1. The molecule has 2 heterocycles. The molecule has 1 aromatic heterocycles. The van der Waals surface area contributed by atoms with Gasteiger partial charge in [0.1, 0.15) is 5.82 Å². The van der Waals surface area contributed by atoms with Gasteiger partial charge >= 0.3 is 5.92 Å². The Morgan fingerprint density at radius 2 is 2.20 bits per heavy atom. The Morgan fingerprint density at radius 1 is 1.60 bits per heavy atom. The first kappa shape index (κ1) is 9.97. The minimum Gasteiger partial charge on any atom is -0.381 e. The first-order chi connectivity index (χ1) is 6.85. The number of rotatable bonds is 0. The summed E-state index contributed by atoms with van der Waals surface area (Å²) >= 11 is 0. The monoisotopic (exact) mass is 221 g/mol. The van der Waals surface area contributed by atoms with Crippen molar-refractivity contribution in [2.24, 2.45) is 7.05 Å². The highest BCUT2D eigenvalue weighted by Crippen LogP contribution is 2.41. The summed E-state index contributed by atoms with van der Waals surface area (Å²) in [6, 6.07) is 0. The van der Waals surface area contributed by atoms with Crippen LogP contribution in [0.4, 0.5) is 19.0 Å². The fourth-order valence-corrected chi connectivity index (χ4v) is 1.39. The maximum atomic E-state index is 13.0. The predicted octanol–water partition coefficient (Wildman–Crippen LogP) is 0.180. The lowest BCUT2D eigenvalue weighted by atomic mass is 10.0. The number of amides is 1. The van der Waals surface area contributed by atoms with Crippen LogP contribution in [0.3, 0.4) is 0 Å². The highest BCUT2D eigenvalue weighted by molar-refractivity contribution is 5.99. The molecule has 1 atom stereocenters. The second-order valence-corrected chi connectivity index (χ2v) is 3.16. The molecule has 8 heteroatoms. The van der Waals surface area contributed by atoms with Gasteiger partial charge < -0.3 is 10.4 Å². The molecule has 0 fully saturated rings. The predicted molar refractivity (Wildman–Crippen MR) is 41.7 cm³/mol. The number of aryl methyl sites for hydroxylation is 1. The number of aliphatic hydroxyl groups excluding tert-OH is 1. The van der Waals surface area contributed by atoms with Crippen LogP contribution < -0.4 is 5.32 Å². The number of halogens is 3. The zero-order chi connectivity index (χ0) is 11.4. The molecule has 0 spiro atoms. The lowest BCUT2D eigenvalue weighted by molar-refractivity contribution is -0.160. The van der Waals surface area contributed by atoms with Crippen LogP contribution in [0.25, 0.3) is 0 Å². The minimum atomic E-state index is -4.04. The minimum absolute atomic E-state index is 0.254. The molecule has 0 saturated heterocycles. The van der Waals surface area contributed by atoms with Crippen LogP contribution in [0.1, 0.15) is 11.7 Å². The van der Waals surface area contributed by atoms with E-state index in [1.54, 1.807) is 5.32 Å². The summed E-state index contributed by atoms with van der Waals surface area (Å²) in [5.74, 6) is -7.20. The molecule has 15 heavy (non-hydrogen) atoms. The average Bonchev–Trinajstić information content (AvgIpc) is 2.39. The number of nitrogens with one attached hydrogen (secondary N) is 1. The van der Waals surface area contributed by atoms with Gasteiger partial charge in [0.25, 0.3) is 5.91 Å². The van der Waals surface area contributed by atoms with Gasteiger partial charge in [-0.2, -0.15) is 13.2 Å². The highest BCUT2D eigenvalue weighted by Gasteiger charge is 2.54. The molecular weight excluding hydrogens is 215 g/mol. The average molecular weight is 221 g/mol. The van der Waals surface area contributed by atoms with E-state index in [0.717, 1.165) is 4.68 Å². The molecule has 1 aliphatic heterocycles. The van der Waals surface area contributed by atoms with Gasteiger partial charge in [-0.3, -0.25) is 4.79 Å².